The van der Waals surface area contributed by atoms with E-state index in [0.717, 1.165) is 18.2 Å². The predicted octanol–water partition coefficient (Wildman–Crippen LogP) is 1.61. The summed E-state index contributed by atoms with van der Waals surface area (Å²) >= 11 is 0. The number of carboxylic acid groups (broad SMARTS) is 1. The van der Waals surface area contributed by atoms with Gasteiger partial charge in [0.2, 0.25) is 5.75 Å². The monoisotopic (exact) mass is 399 g/mol. The molecular weight excluding hydrogens is 384 g/mol. The molecule has 1 aliphatic carbocycles. The Labute approximate surface area is 165 Å². The van der Waals surface area contributed by atoms with Crippen LogP contribution in [0.3, 0.4) is 0 Å². The molecule has 6 N–H and O–H groups in total. The molecular formula is C19H15BFNO7. The van der Waals surface area contributed by atoms with Crippen LogP contribution in [0, 0.1) is 5.82 Å². The lowest BCUT2D eigenvalue weighted by molar-refractivity contribution is -0.133. The lowest BCUT2D eigenvalue weighted by Gasteiger charge is -2.15. The number of hydrogen-bond donors (Lipinski definition) is 6. The fourth-order valence-corrected chi connectivity index (χ4v) is 3.24. The van der Waals surface area contributed by atoms with Gasteiger partial charge < -0.3 is 30.8 Å². The number of aliphatic carboxylic acids is 1. The van der Waals surface area contributed by atoms with Crippen LogP contribution < -0.4 is 10.8 Å². The standard InChI is InChI=1S/C19H15BFNO7/c20-10-4-7(14-12(23)6-13(24)16(25)17(14)26)5-11(21)15(10)22-18(27)8-2-1-3-9(8)19(28)29/h4-6,23-26H,1-3H2,(H,22,27)(H,28,29). The summed E-state index contributed by atoms with van der Waals surface area (Å²) < 4.78 is 14.6. The Kier molecular flexibility index (Phi) is 5.11. The van der Waals surface area contributed by atoms with Gasteiger partial charge in [0.25, 0.3) is 5.91 Å². The van der Waals surface area contributed by atoms with Gasteiger partial charge in [-0.15, -0.1) is 0 Å². The molecule has 1 aliphatic rings. The van der Waals surface area contributed by atoms with E-state index in [9.17, 15) is 34.4 Å². The first-order chi connectivity index (χ1) is 13.6. The Morgan fingerprint density at radius 3 is 2.24 bits per heavy atom. The number of carbonyl (C=O) groups is 2. The summed E-state index contributed by atoms with van der Waals surface area (Å²) in [6.45, 7) is 0. The number of halogens is 1. The van der Waals surface area contributed by atoms with Crippen molar-refractivity contribution in [1.82, 2.24) is 0 Å². The molecule has 2 aromatic rings. The molecule has 2 radical (unpaired) electrons. The van der Waals surface area contributed by atoms with E-state index in [-0.39, 0.29) is 40.6 Å². The second kappa shape index (κ2) is 7.38. The van der Waals surface area contributed by atoms with Crippen molar-refractivity contribution in [2.45, 2.75) is 19.3 Å². The zero-order chi connectivity index (χ0) is 21.5. The molecule has 29 heavy (non-hydrogen) atoms. The summed E-state index contributed by atoms with van der Waals surface area (Å²) in [5.74, 6) is -6.24. The SMILES string of the molecule is [B]c1cc(-c2c(O)cc(O)c(O)c2O)cc(F)c1NC(=O)C1=C(C(=O)O)CCC1. The maximum atomic E-state index is 14.6. The van der Waals surface area contributed by atoms with Crippen molar-refractivity contribution in [2.24, 2.45) is 0 Å². The number of phenols is 4. The van der Waals surface area contributed by atoms with Crippen LogP contribution in [0.2, 0.25) is 0 Å². The number of carbonyl (C=O) groups excluding carboxylic acids is 1. The largest absolute Gasteiger partial charge is 0.507 e. The topological polar surface area (TPSA) is 147 Å². The highest BCUT2D eigenvalue weighted by Crippen LogP contribution is 2.48. The van der Waals surface area contributed by atoms with Crippen molar-refractivity contribution in [2.75, 3.05) is 5.32 Å². The van der Waals surface area contributed by atoms with Crippen LogP contribution in [0.4, 0.5) is 10.1 Å². The highest BCUT2D eigenvalue weighted by atomic mass is 19.1. The van der Waals surface area contributed by atoms with E-state index >= 15 is 0 Å². The van der Waals surface area contributed by atoms with Gasteiger partial charge in [-0.25, -0.2) is 9.18 Å². The normalized spacial score (nSPS) is 13.6. The summed E-state index contributed by atoms with van der Waals surface area (Å²) in [6.07, 6.45) is 0.962. The van der Waals surface area contributed by atoms with Gasteiger partial charge in [0.1, 0.15) is 19.4 Å². The lowest BCUT2D eigenvalue weighted by Crippen LogP contribution is -2.22. The van der Waals surface area contributed by atoms with Gasteiger partial charge in [0.15, 0.2) is 11.5 Å². The number of aromatic hydroxyl groups is 4. The molecule has 0 aliphatic heterocycles. The third-order valence-corrected chi connectivity index (χ3v) is 4.63. The third-order valence-electron chi connectivity index (χ3n) is 4.63. The number of nitrogens with one attached hydrogen (secondary N) is 1. The molecule has 0 saturated heterocycles. The lowest BCUT2D eigenvalue weighted by atomic mass is 9.89. The molecule has 0 unspecified atom stereocenters. The molecule has 1 amide bonds. The van der Waals surface area contributed by atoms with Gasteiger partial charge in [-0.3, -0.25) is 4.79 Å². The van der Waals surface area contributed by atoms with Gasteiger partial charge in [-0.1, -0.05) is 11.5 Å². The minimum Gasteiger partial charge on any atom is -0.507 e. The molecule has 0 spiro atoms. The van der Waals surface area contributed by atoms with E-state index in [1.807, 2.05) is 0 Å². The molecule has 3 rings (SSSR count). The van der Waals surface area contributed by atoms with Crippen LogP contribution in [0.25, 0.3) is 11.1 Å². The summed E-state index contributed by atoms with van der Waals surface area (Å²) in [6, 6.07) is 2.73. The fraction of sp³-hybridized carbons (Fsp3) is 0.158. The van der Waals surface area contributed by atoms with E-state index in [1.165, 1.54) is 0 Å². The smallest absolute Gasteiger partial charge is 0.332 e. The van der Waals surface area contributed by atoms with Crippen LogP contribution in [0.1, 0.15) is 19.3 Å². The number of phenolic OH excluding ortho intramolecular Hbond substituents is 4. The second-order valence-electron chi connectivity index (χ2n) is 6.48. The molecule has 8 nitrogen and oxygen atoms in total. The van der Waals surface area contributed by atoms with Gasteiger partial charge in [-0.2, -0.15) is 0 Å². The predicted molar refractivity (Wildman–Crippen MR) is 101 cm³/mol. The summed E-state index contributed by atoms with van der Waals surface area (Å²) in [7, 11) is 5.81. The molecule has 0 fully saturated rings. The summed E-state index contributed by atoms with van der Waals surface area (Å²) in [4.78, 5) is 23.6. The number of amides is 1. The van der Waals surface area contributed by atoms with Crippen molar-refractivity contribution >= 4 is 30.9 Å². The highest BCUT2D eigenvalue weighted by molar-refractivity contribution is 6.37. The number of anilines is 1. The number of rotatable bonds is 4. The van der Waals surface area contributed by atoms with Gasteiger partial charge in [-0.05, 0) is 30.9 Å². The fourth-order valence-electron chi connectivity index (χ4n) is 3.24. The highest BCUT2D eigenvalue weighted by Gasteiger charge is 2.26. The van der Waals surface area contributed by atoms with Crippen LogP contribution in [0.5, 0.6) is 23.0 Å². The van der Waals surface area contributed by atoms with Gasteiger partial charge in [0.05, 0.1) is 11.3 Å². The molecule has 10 heteroatoms. The third kappa shape index (κ3) is 3.56. The van der Waals surface area contributed by atoms with Crippen LogP contribution in [0.15, 0.2) is 29.3 Å². The van der Waals surface area contributed by atoms with Gasteiger partial charge >= 0.3 is 5.97 Å². The molecule has 0 bridgehead atoms. The van der Waals surface area contributed by atoms with Crippen LogP contribution in [-0.2, 0) is 9.59 Å². The average Bonchev–Trinajstić information content (AvgIpc) is 3.13. The van der Waals surface area contributed by atoms with E-state index in [4.69, 9.17) is 13.0 Å². The zero-order valence-electron chi connectivity index (χ0n) is 14.9. The van der Waals surface area contributed by atoms with Crippen molar-refractivity contribution < 1.29 is 39.5 Å². The molecule has 0 saturated carbocycles. The molecule has 0 atom stereocenters. The number of carboxylic acids is 1. The van der Waals surface area contributed by atoms with Crippen molar-refractivity contribution in [3.8, 4) is 34.1 Å². The number of hydrogen-bond acceptors (Lipinski definition) is 6. The first-order valence-electron chi connectivity index (χ1n) is 8.44. The van der Waals surface area contributed by atoms with E-state index < -0.39 is 46.4 Å². The Morgan fingerprint density at radius 1 is 0.966 bits per heavy atom. The zero-order valence-corrected chi connectivity index (χ0v) is 14.9. The average molecular weight is 399 g/mol. The molecule has 0 aromatic heterocycles. The van der Waals surface area contributed by atoms with E-state index in [2.05, 4.69) is 5.32 Å². The van der Waals surface area contributed by atoms with Crippen LogP contribution in [-0.4, -0.2) is 45.3 Å². The second-order valence-corrected chi connectivity index (χ2v) is 6.48. The van der Waals surface area contributed by atoms with Crippen molar-refractivity contribution in [1.29, 1.82) is 0 Å². The van der Waals surface area contributed by atoms with Gasteiger partial charge in [0, 0.05) is 17.2 Å². The summed E-state index contributed by atoms with van der Waals surface area (Å²) in [5.41, 5.74) is -1.17. The first kappa shape index (κ1) is 20.1. The minimum atomic E-state index is -1.21. The Balaban J connectivity index is 2.00. The number of benzene rings is 2. The van der Waals surface area contributed by atoms with Crippen molar-refractivity contribution in [3.63, 3.8) is 0 Å². The molecule has 2 aromatic carbocycles. The molecule has 0 heterocycles. The maximum absolute atomic E-state index is 14.6. The van der Waals surface area contributed by atoms with Crippen LogP contribution >= 0.6 is 0 Å². The quantitative estimate of drug-likeness (QED) is 0.260. The van der Waals surface area contributed by atoms with E-state index in [1.54, 1.807) is 0 Å². The maximum Gasteiger partial charge on any atom is 0.332 e. The molecule has 148 valence electrons. The van der Waals surface area contributed by atoms with Crippen molar-refractivity contribution in [3.05, 3.63) is 35.2 Å². The Bertz CT molecular complexity index is 1060. The van der Waals surface area contributed by atoms with E-state index in [0.29, 0.717) is 6.42 Å². The Hall–Kier alpha value is -3.69. The first-order valence-corrected chi connectivity index (χ1v) is 8.44. The summed E-state index contributed by atoms with van der Waals surface area (Å²) in [5, 5.41) is 50.4. The Morgan fingerprint density at radius 2 is 1.62 bits per heavy atom. The minimum absolute atomic E-state index is 0.0347.